The number of hydrogen-bond acceptors (Lipinski definition) is 2. The van der Waals surface area contributed by atoms with Crippen molar-refractivity contribution in [3.8, 4) is 5.75 Å². The molecule has 1 N–H and O–H groups in total. The van der Waals surface area contributed by atoms with E-state index < -0.39 is 0 Å². The number of ether oxygens (including phenoxy) is 1. The van der Waals surface area contributed by atoms with Gasteiger partial charge in [0.1, 0.15) is 11.9 Å². The van der Waals surface area contributed by atoms with E-state index in [4.69, 9.17) is 16.3 Å². The Hall–Kier alpha value is -0.730. The summed E-state index contributed by atoms with van der Waals surface area (Å²) in [5, 5.41) is 4.28. The van der Waals surface area contributed by atoms with E-state index in [1.807, 2.05) is 25.1 Å². The highest BCUT2D eigenvalue weighted by atomic mass is 35.5. The summed E-state index contributed by atoms with van der Waals surface area (Å²) < 4.78 is 6.08. The van der Waals surface area contributed by atoms with Gasteiger partial charge in [-0.05, 0) is 56.8 Å². The van der Waals surface area contributed by atoms with Crippen LogP contribution in [0.15, 0.2) is 18.2 Å². The number of hydrogen-bond donors (Lipinski definition) is 1. The number of nitrogens with one attached hydrogen (secondary N) is 1. The maximum Gasteiger partial charge on any atom is 0.138 e. The number of rotatable bonds is 5. The third-order valence-corrected chi connectivity index (χ3v) is 3.77. The van der Waals surface area contributed by atoms with Crippen molar-refractivity contribution in [2.45, 2.75) is 51.7 Å². The third-order valence-electron chi connectivity index (χ3n) is 3.47. The van der Waals surface area contributed by atoms with Gasteiger partial charge in [-0.3, -0.25) is 0 Å². The fourth-order valence-electron chi connectivity index (χ4n) is 2.49. The maximum absolute atomic E-state index is 6.21. The van der Waals surface area contributed by atoms with E-state index in [-0.39, 0.29) is 6.10 Å². The SMILES string of the molecule is CCCNC1CCCC1Oc1ccc(C)cc1Cl. The van der Waals surface area contributed by atoms with E-state index in [9.17, 15) is 0 Å². The van der Waals surface area contributed by atoms with E-state index in [1.54, 1.807) is 0 Å². The molecule has 0 aromatic heterocycles. The van der Waals surface area contributed by atoms with Crippen LogP contribution in [0.1, 0.15) is 38.2 Å². The predicted molar refractivity (Wildman–Crippen MR) is 76.5 cm³/mol. The van der Waals surface area contributed by atoms with Crippen molar-refractivity contribution in [1.82, 2.24) is 5.32 Å². The molecule has 1 aromatic rings. The van der Waals surface area contributed by atoms with Gasteiger partial charge in [-0.25, -0.2) is 0 Å². The summed E-state index contributed by atoms with van der Waals surface area (Å²) in [5.41, 5.74) is 1.17. The van der Waals surface area contributed by atoms with Gasteiger partial charge >= 0.3 is 0 Å². The Morgan fingerprint density at radius 1 is 1.39 bits per heavy atom. The second-order valence-corrected chi connectivity index (χ2v) is 5.49. The smallest absolute Gasteiger partial charge is 0.138 e. The van der Waals surface area contributed by atoms with E-state index in [2.05, 4.69) is 12.2 Å². The predicted octanol–water partition coefficient (Wildman–Crippen LogP) is 3.95. The van der Waals surface area contributed by atoms with Crippen molar-refractivity contribution in [2.24, 2.45) is 0 Å². The molecule has 1 fully saturated rings. The highest BCUT2D eigenvalue weighted by Crippen LogP contribution is 2.30. The zero-order valence-electron chi connectivity index (χ0n) is 11.2. The van der Waals surface area contributed by atoms with Crippen LogP contribution in [0.25, 0.3) is 0 Å². The Morgan fingerprint density at radius 2 is 2.22 bits per heavy atom. The lowest BCUT2D eigenvalue weighted by atomic mass is 10.2. The fraction of sp³-hybridized carbons (Fsp3) is 0.600. The summed E-state index contributed by atoms with van der Waals surface area (Å²) in [7, 11) is 0. The van der Waals surface area contributed by atoms with E-state index in [1.165, 1.54) is 18.4 Å². The van der Waals surface area contributed by atoms with Crippen molar-refractivity contribution < 1.29 is 4.74 Å². The molecule has 3 heteroatoms. The van der Waals surface area contributed by atoms with Crippen LogP contribution in [0.2, 0.25) is 5.02 Å². The van der Waals surface area contributed by atoms with Crippen LogP contribution >= 0.6 is 11.6 Å². The molecule has 2 rings (SSSR count). The lowest BCUT2D eigenvalue weighted by Gasteiger charge is -2.23. The maximum atomic E-state index is 6.21. The molecular formula is C15H22ClNO. The quantitative estimate of drug-likeness (QED) is 0.872. The van der Waals surface area contributed by atoms with Crippen LogP contribution in [0.5, 0.6) is 5.75 Å². The molecule has 2 unspecified atom stereocenters. The number of halogens is 1. The van der Waals surface area contributed by atoms with Crippen LogP contribution in [0.3, 0.4) is 0 Å². The first kappa shape index (κ1) is 13.7. The molecule has 18 heavy (non-hydrogen) atoms. The standard InChI is InChI=1S/C15H22ClNO/c1-3-9-17-13-5-4-6-15(13)18-14-8-7-11(2)10-12(14)16/h7-8,10,13,15,17H,3-6,9H2,1-2H3. The highest BCUT2D eigenvalue weighted by molar-refractivity contribution is 6.32. The minimum Gasteiger partial charge on any atom is -0.487 e. The molecular weight excluding hydrogens is 246 g/mol. The van der Waals surface area contributed by atoms with Crippen LogP contribution < -0.4 is 10.1 Å². The molecule has 0 heterocycles. The van der Waals surface area contributed by atoms with Crippen LogP contribution in [-0.4, -0.2) is 18.7 Å². The molecule has 2 nitrogen and oxygen atoms in total. The molecule has 1 aliphatic carbocycles. The van der Waals surface area contributed by atoms with Gasteiger partial charge in [0.05, 0.1) is 5.02 Å². The molecule has 0 amide bonds. The highest BCUT2D eigenvalue weighted by Gasteiger charge is 2.28. The van der Waals surface area contributed by atoms with Crippen LogP contribution in [0, 0.1) is 6.92 Å². The first-order chi connectivity index (χ1) is 8.70. The monoisotopic (exact) mass is 267 g/mol. The van der Waals surface area contributed by atoms with E-state index in [0.29, 0.717) is 6.04 Å². The second-order valence-electron chi connectivity index (χ2n) is 5.08. The second kappa shape index (κ2) is 6.44. The summed E-state index contributed by atoms with van der Waals surface area (Å²) in [6.45, 7) is 5.29. The van der Waals surface area contributed by atoms with Gasteiger partial charge in [-0.2, -0.15) is 0 Å². The van der Waals surface area contributed by atoms with E-state index in [0.717, 1.165) is 30.2 Å². The summed E-state index contributed by atoms with van der Waals surface area (Å²) in [6, 6.07) is 6.46. The zero-order valence-corrected chi connectivity index (χ0v) is 12.0. The van der Waals surface area contributed by atoms with Gasteiger partial charge in [-0.1, -0.05) is 24.6 Å². The molecule has 1 aliphatic rings. The summed E-state index contributed by atoms with van der Waals surface area (Å²) in [6.07, 6.45) is 4.97. The first-order valence-corrected chi connectivity index (χ1v) is 7.24. The molecule has 0 radical (unpaired) electrons. The van der Waals surface area contributed by atoms with Crippen molar-refractivity contribution in [3.63, 3.8) is 0 Å². The Kier molecular flexibility index (Phi) is 4.90. The minimum atomic E-state index is 0.261. The Morgan fingerprint density at radius 3 is 2.94 bits per heavy atom. The molecule has 100 valence electrons. The normalized spacial score (nSPS) is 23.3. The molecule has 2 atom stereocenters. The first-order valence-electron chi connectivity index (χ1n) is 6.87. The lowest BCUT2D eigenvalue weighted by Crippen LogP contribution is -2.39. The van der Waals surface area contributed by atoms with Crippen molar-refractivity contribution in [3.05, 3.63) is 28.8 Å². The lowest BCUT2D eigenvalue weighted by molar-refractivity contribution is 0.175. The van der Waals surface area contributed by atoms with Gasteiger partial charge in [0.2, 0.25) is 0 Å². The van der Waals surface area contributed by atoms with E-state index >= 15 is 0 Å². The third kappa shape index (κ3) is 3.39. The average molecular weight is 268 g/mol. The minimum absolute atomic E-state index is 0.261. The molecule has 0 aliphatic heterocycles. The fourth-order valence-corrected chi connectivity index (χ4v) is 2.77. The zero-order chi connectivity index (χ0) is 13.0. The molecule has 0 saturated heterocycles. The Balaban J connectivity index is 1.99. The molecule has 0 spiro atoms. The average Bonchev–Trinajstić information content (AvgIpc) is 2.77. The van der Waals surface area contributed by atoms with Crippen LogP contribution in [0.4, 0.5) is 0 Å². The summed E-state index contributed by atoms with van der Waals surface area (Å²) >= 11 is 6.21. The van der Waals surface area contributed by atoms with Gasteiger partial charge in [0, 0.05) is 6.04 Å². The van der Waals surface area contributed by atoms with Crippen LogP contribution in [-0.2, 0) is 0 Å². The Labute approximate surface area is 115 Å². The summed E-state index contributed by atoms with van der Waals surface area (Å²) in [5.74, 6) is 0.817. The van der Waals surface area contributed by atoms with Crippen molar-refractivity contribution in [2.75, 3.05) is 6.54 Å². The van der Waals surface area contributed by atoms with Crippen molar-refractivity contribution >= 4 is 11.6 Å². The largest absolute Gasteiger partial charge is 0.487 e. The van der Waals surface area contributed by atoms with Gasteiger partial charge < -0.3 is 10.1 Å². The molecule has 1 saturated carbocycles. The van der Waals surface area contributed by atoms with Gasteiger partial charge in [0.25, 0.3) is 0 Å². The molecule has 1 aromatic carbocycles. The molecule has 0 bridgehead atoms. The summed E-state index contributed by atoms with van der Waals surface area (Å²) in [4.78, 5) is 0. The Bertz CT molecular complexity index is 394. The number of benzene rings is 1. The van der Waals surface area contributed by atoms with Gasteiger partial charge in [-0.15, -0.1) is 0 Å². The van der Waals surface area contributed by atoms with Gasteiger partial charge in [0.15, 0.2) is 0 Å². The van der Waals surface area contributed by atoms with Crippen molar-refractivity contribution in [1.29, 1.82) is 0 Å². The topological polar surface area (TPSA) is 21.3 Å². The number of aryl methyl sites for hydroxylation is 1.